The van der Waals surface area contributed by atoms with Crippen molar-refractivity contribution in [3.05, 3.63) is 35.0 Å². The highest BCUT2D eigenvalue weighted by molar-refractivity contribution is 6.31. The Labute approximate surface area is 115 Å². The van der Waals surface area contributed by atoms with E-state index in [1.165, 1.54) is 6.92 Å². The monoisotopic (exact) mass is 282 g/mol. The number of fused-ring (bicyclic) bond motifs is 1. The summed E-state index contributed by atoms with van der Waals surface area (Å²) in [6.45, 7) is 1.35. The fraction of sp³-hybridized carbons (Fsp3) is 0.308. The Morgan fingerprint density at radius 3 is 2.89 bits per heavy atom. The standard InChI is InChI=1S/C13H15ClN2O3/c1-7(17)15-6-12(18)13(19)10-5-16-11-4-8(14)2-3-9(10)11/h2-5,12-13,16,18-19H,6H2,1H3,(H,15,17). The summed E-state index contributed by atoms with van der Waals surface area (Å²) >= 11 is 5.88. The molecule has 1 heterocycles. The SMILES string of the molecule is CC(=O)NCC(O)C(O)c1c[nH]c2cc(Cl)ccc12. The minimum absolute atomic E-state index is 0.00321. The van der Waals surface area contributed by atoms with E-state index >= 15 is 0 Å². The van der Waals surface area contributed by atoms with E-state index in [-0.39, 0.29) is 12.5 Å². The Kier molecular flexibility index (Phi) is 4.09. The molecule has 1 aromatic heterocycles. The molecule has 5 nitrogen and oxygen atoms in total. The lowest BCUT2D eigenvalue weighted by Crippen LogP contribution is -2.34. The second-order valence-corrected chi connectivity index (χ2v) is 4.82. The molecule has 6 heteroatoms. The smallest absolute Gasteiger partial charge is 0.216 e. The van der Waals surface area contributed by atoms with Crippen LogP contribution >= 0.6 is 11.6 Å². The van der Waals surface area contributed by atoms with Crippen molar-refractivity contribution in [2.24, 2.45) is 0 Å². The molecule has 1 amide bonds. The van der Waals surface area contributed by atoms with Gasteiger partial charge >= 0.3 is 0 Å². The highest BCUT2D eigenvalue weighted by atomic mass is 35.5. The van der Waals surface area contributed by atoms with Crippen molar-refractivity contribution in [2.45, 2.75) is 19.1 Å². The lowest BCUT2D eigenvalue weighted by molar-refractivity contribution is -0.119. The number of aromatic amines is 1. The van der Waals surface area contributed by atoms with Crippen LogP contribution < -0.4 is 5.32 Å². The quantitative estimate of drug-likeness (QED) is 0.683. The molecule has 0 aliphatic rings. The van der Waals surface area contributed by atoms with Crippen LogP contribution in [0.5, 0.6) is 0 Å². The van der Waals surface area contributed by atoms with Crippen LogP contribution in [0.3, 0.4) is 0 Å². The molecule has 0 aliphatic carbocycles. The van der Waals surface area contributed by atoms with E-state index in [1.807, 2.05) is 0 Å². The van der Waals surface area contributed by atoms with Crippen molar-refractivity contribution in [1.29, 1.82) is 0 Å². The van der Waals surface area contributed by atoms with Crippen LogP contribution in [0, 0.1) is 0 Å². The number of amides is 1. The van der Waals surface area contributed by atoms with Crippen LogP contribution in [0.2, 0.25) is 5.02 Å². The van der Waals surface area contributed by atoms with Crippen LogP contribution in [0.1, 0.15) is 18.6 Å². The number of aliphatic hydroxyl groups is 2. The predicted octanol–water partition coefficient (Wildman–Crippen LogP) is 1.35. The van der Waals surface area contributed by atoms with Crippen molar-refractivity contribution < 1.29 is 15.0 Å². The summed E-state index contributed by atoms with van der Waals surface area (Å²) in [4.78, 5) is 13.8. The van der Waals surface area contributed by atoms with E-state index in [2.05, 4.69) is 10.3 Å². The number of benzene rings is 1. The Morgan fingerprint density at radius 2 is 2.21 bits per heavy atom. The molecular weight excluding hydrogens is 268 g/mol. The summed E-state index contributed by atoms with van der Waals surface area (Å²) in [5, 5.41) is 23.8. The summed E-state index contributed by atoms with van der Waals surface area (Å²) < 4.78 is 0. The summed E-state index contributed by atoms with van der Waals surface area (Å²) in [6.07, 6.45) is -0.525. The third kappa shape index (κ3) is 3.07. The number of carbonyl (C=O) groups is 1. The highest BCUT2D eigenvalue weighted by Crippen LogP contribution is 2.28. The molecule has 0 aliphatic heterocycles. The predicted molar refractivity (Wildman–Crippen MR) is 73.0 cm³/mol. The van der Waals surface area contributed by atoms with Gasteiger partial charge in [0.05, 0.1) is 0 Å². The number of rotatable bonds is 4. The van der Waals surface area contributed by atoms with E-state index < -0.39 is 12.2 Å². The first-order valence-electron chi connectivity index (χ1n) is 5.86. The second kappa shape index (κ2) is 5.61. The molecule has 2 unspecified atom stereocenters. The summed E-state index contributed by atoms with van der Waals surface area (Å²) in [5.74, 6) is -0.253. The molecular formula is C13H15ClN2O3. The number of nitrogens with one attached hydrogen (secondary N) is 2. The van der Waals surface area contributed by atoms with Gasteiger partial charge in [0.2, 0.25) is 5.91 Å². The number of H-pyrrole nitrogens is 1. The minimum atomic E-state index is -1.08. The highest BCUT2D eigenvalue weighted by Gasteiger charge is 2.21. The van der Waals surface area contributed by atoms with Gasteiger partial charge in [-0.1, -0.05) is 17.7 Å². The fourth-order valence-electron chi connectivity index (χ4n) is 1.93. The van der Waals surface area contributed by atoms with E-state index in [0.717, 1.165) is 10.9 Å². The van der Waals surface area contributed by atoms with Crippen LogP contribution in [-0.4, -0.2) is 33.8 Å². The van der Waals surface area contributed by atoms with Gasteiger partial charge in [-0.15, -0.1) is 0 Å². The van der Waals surface area contributed by atoms with Crippen molar-refractivity contribution in [2.75, 3.05) is 6.54 Å². The normalized spacial score (nSPS) is 14.3. The molecule has 1 aromatic carbocycles. The average Bonchev–Trinajstić information content (AvgIpc) is 2.77. The minimum Gasteiger partial charge on any atom is -0.388 e. The van der Waals surface area contributed by atoms with E-state index in [4.69, 9.17) is 11.6 Å². The largest absolute Gasteiger partial charge is 0.388 e. The molecule has 19 heavy (non-hydrogen) atoms. The molecule has 0 radical (unpaired) electrons. The first kappa shape index (κ1) is 13.9. The van der Waals surface area contributed by atoms with Crippen molar-refractivity contribution in [3.8, 4) is 0 Å². The maximum absolute atomic E-state index is 10.8. The molecule has 2 atom stereocenters. The molecule has 4 N–H and O–H groups in total. The molecule has 0 bridgehead atoms. The van der Waals surface area contributed by atoms with Gasteiger partial charge in [-0.3, -0.25) is 4.79 Å². The third-order valence-corrected chi connectivity index (χ3v) is 3.15. The molecule has 2 rings (SSSR count). The second-order valence-electron chi connectivity index (χ2n) is 4.38. The van der Waals surface area contributed by atoms with E-state index in [0.29, 0.717) is 10.6 Å². The maximum Gasteiger partial charge on any atom is 0.216 e. The molecule has 0 fully saturated rings. The fourth-order valence-corrected chi connectivity index (χ4v) is 2.10. The Hall–Kier alpha value is -1.56. The lowest BCUT2D eigenvalue weighted by atomic mass is 10.0. The zero-order valence-electron chi connectivity index (χ0n) is 10.4. The van der Waals surface area contributed by atoms with Gasteiger partial charge < -0.3 is 20.5 Å². The number of hydrogen-bond donors (Lipinski definition) is 4. The van der Waals surface area contributed by atoms with Gasteiger partial charge in [-0.2, -0.15) is 0 Å². The Morgan fingerprint density at radius 1 is 1.47 bits per heavy atom. The molecule has 2 aromatic rings. The summed E-state index contributed by atoms with van der Waals surface area (Å²) in [5.41, 5.74) is 1.36. The number of carbonyl (C=O) groups excluding carboxylic acids is 1. The van der Waals surface area contributed by atoms with Gasteiger partial charge in [-0.25, -0.2) is 0 Å². The van der Waals surface area contributed by atoms with Gasteiger partial charge in [0.1, 0.15) is 12.2 Å². The van der Waals surface area contributed by atoms with Gasteiger partial charge in [-0.05, 0) is 12.1 Å². The van der Waals surface area contributed by atoms with Crippen molar-refractivity contribution in [1.82, 2.24) is 10.3 Å². The number of aliphatic hydroxyl groups excluding tert-OH is 2. The zero-order chi connectivity index (χ0) is 14.0. The van der Waals surface area contributed by atoms with Crippen LogP contribution in [0.15, 0.2) is 24.4 Å². The average molecular weight is 283 g/mol. The Balaban J connectivity index is 2.21. The number of halogens is 1. The summed E-state index contributed by atoms with van der Waals surface area (Å²) in [7, 11) is 0. The first-order chi connectivity index (χ1) is 8.99. The Bertz CT molecular complexity index is 597. The van der Waals surface area contributed by atoms with Crippen LogP contribution in [0.4, 0.5) is 0 Å². The maximum atomic E-state index is 10.8. The number of aromatic nitrogens is 1. The van der Waals surface area contributed by atoms with Crippen molar-refractivity contribution in [3.63, 3.8) is 0 Å². The third-order valence-electron chi connectivity index (χ3n) is 2.92. The molecule has 0 spiro atoms. The van der Waals surface area contributed by atoms with Gasteiger partial charge in [0.25, 0.3) is 0 Å². The lowest BCUT2D eigenvalue weighted by Gasteiger charge is -2.17. The van der Waals surface area contributed by atoms with Crippen LogP contribution in [0.25, 0.3) is 10.9 Å². The number of hydrogen-bond acceptors (Lipinski definition) is 3. The van der Waals surface area contributed by atoms with Gasteiger partial charge in [0.15, 0.2) is 0 Å². The first-order valence-corrected chi connectivity index (χ1v) is 6.24. The van der Waals surface area contributed by atoms with Gasteiger partial charge in [0, 0.05) is 41.2 Å². The molecule has 102 valence electrons. The summed E-state index contributed by atoms with van der Waals surface area (Å²) in [6, 6.07) is 5.24. The van der Waals surface area contributed by atoms with Crippen LogP contribution in [-0.2, 0) is 4.79 Å². The molecule has 0 saturated carbocycles. The van der Waals surface area contributed by atoms with E-state index in [1.54, 1.807) is 24.4 Å². The van der Waals surface area contributed by atoms with Crippen molar-refractivity contribution >= 4 is 28.4 Å². The zero-order valence-corrected chi connectivity index (χ0v) is 11.1. The topological polar surface area (TPSA) is 85.3 Å². The van der Waals surface area contributed by atoms with E-state index in [9.17, 15) is 15.0 Å². The molecule has 0 saturated heterocycles.